The molecular weight excluding hydrogens is 1600 g/mol. The Morgan fingerprint density at radius 2 is 0.455 bits per heavy atom. The molecule has 0 aliphatic carbocycles. The summed E-state index contributed by atoms with van der Waals surface area (Å²) in [6.07, 6.45) is 78.5. The molecule has 2 saturated heterocycles. The second-order valence-electron chi connectivity index (χ2n) is 36.3. The van der Waals surface area contributed by atoms with Gasteiger partial charge >= 0.3 is 39.5 Å². The molecule has 0 N–H and O–H groups in total. The van der Waals surface area contributed by atoms with E-state index in [0.29, 0.717) is 38.5 Å². The van der Waals surface area contributed by atoms with E-state index in [1.54, 1.807) is 0 Å². The molecule has 0 saturated carbocycles. The Balaban J connectivity index is 2.45. The van der Waals surface area contributed by atoms with Crippen LogP contribution in [0.15, 0.2) is 0 Å². The van der Waals surface area contributed by atoms with Crippen molar-refractivity contribution in [3.63, 3.8) is 0 Å². The van der Waals surface area contributed by atoms with Gasteiger partial charge in [-0.2, -0.15) is 0 Å². The van der Waals surface area contributed by atoms with Crippen LogP contribution in [0.3, 0.4) is 0 Å². The first-order valence-corrected chi connectivity index (χ1v) is 55.5. The van der Waals surface area contributed by atoms with E-state index in [0.717, 1.165) is 128 Å². The lowest BCUT2D eigenvalue weighted by Gasteiger charge is -2.25. The van der Waals surface area contributed by atoms with Crippen molar-refractivity contribution >= 4 is 39.5 Å². The van der Waals surface area contributed by atoms with Crippen LogP contribution in [-0.4, -0.2) is 121 Å². The monoisotopic (exact) mass is 1790 g/mol. The number of hydrogen-bond donors (Lipinski definition) is 0. The second kappa shape index (κ2) is 87.9. The van der Waals surface area contributed by atoms with Gasteiger partial charge in [0.15, 0.2) is 31.6 Å². The third-order valence-electron chi connectivity index (χ3n) is 24.2. The first-order valence-electron chi connectivity index (χ1n) is 52.6. The lowest BCUT2D eigenvalue weighted by molar-refractivity contribution is -0.161. The van der Waals surface area contributed by atoms with Crippen molar-refractivity contribution in [2.45, 2.75) is 567 Å². The minimum Gasteiger partial charge on any atom is -0.462 e. The molecule has 0 aromatic heterocycles. The van der Waals surface area contributed by atoms with Gasteiger partial charge < -0.3 is 37.9 Å². The quantitative estimate of drug-likeness (QED) is 0.0181. The highest BCUT2D eigenvalue weighted by Gasteiger charge is 2.39. The normalized spacial score (nSPS) is 16.9. The van der Waals surface area contributed by atoms with Gasteiger partial charge in [0, 0.05) is 25.7 Å². The van der Waals surface area contributed by atoms with Gasteiger partial charge in [-0.05, 0) is 51.4 Å². The first kappa shape index (κ1) is 117. The van der Waals surface area contributed by atoms with Crippen molar-refractivity contribution in [2.24, 2.45) is 0 Å². The van der Waals surface area contributed by atoms with E-state index in [-0.39, 0.29) is 65.3 Å². The van der Waals surface area contributed by atoms with Gasteiger partial charge in [-0.15, -0.1) is 0 Å². The van der Waals surface area contributed by atoms with Crippen molar-refractivity contribution in [3.8, 4) is 0 Å². The predicted octanol–water partition coefficient (Wildman–Crippen LogP) is 31.4. The van der Waals surface area contributed by atoms with Crippen LogP contribution in [0.1, 0.15) is 530 Å². The molecule has 0 radical (unpaired) electrons. The van der Waals surface area contributed by atoms with Gasteiger partial charge in [0.2, 0.25) is 0 Å². The van der Waals surface area contributed by atoms with E-state index in [4.69, 9.17) is 65.0 Å². The summed E-state index contributed by atoms with van der Waals surface area (Å²) in [5, 5.41) is 0. The van der Waals surface area contributed by atoms with E-state index < -0.39 is 96.5 Å². The number of esters is 4. The summed E-state index contributed by atoms with van der Waals surface area (Å²) in [4.78, 5) is 54.4. The molecule has 0 aromatic rings. The van der Waals surface area contributed by atoms with Gasteiger partial charge in [0.1, 0.15) is 25.4 Å². The Hall–Kier alpha value is -2.06. The number of carbonyl (C=O) groups excluding carboxylic acids is 4. The molecule has 22 heteroatoms. The third kappa shape index (κ3) is 76.2. The van der Waals surface area contributed by atoms with Gasteiger partial charge in [0.25, 0.3) is 0 Å². The number of phosphoric ester groups is 2. The molecule has 123 heavy (non-hydrogen) atoms. The molecule has 20 nitrogen and oxygen atoms in total. The lowest BCUT2D eigenvalue weighted by atomic mass is 10.0. The summed E-state index contributed by atoms with van der Waals surface area (Å²) < 4.78 is 115. The first-order chi connectivity index (χ1) is 60.3. The third-order valence-corrected chi connectivity index (χ3v) is 26.9. The average Bonchev–Trinajstić information content (AvgIpc) is 1.84. The Labute approximate surface area is 755 Å². The molecule has 2 heterocycles. The van der Waals surface area contributed by atoms with Crippen molar-refractivity contribution in [3.05, 3.63) is 0 Å². The average molecular weight is 1790 g/mol. The maximum Gasteiger partial charge on any atom is 0.477 e. The van der Waals surface area contributed by atoms with Crippen LogP contribution in [0.4, 0.5) is 0 Å². The summed E-state index contributed by atoms with van der Waals surface area (Å²) in [7, 11) is -9.73. The summed E-state index contributed by atoms with van der Waals surface area (Å²) in [6, 6.07) is 0. The Kier molecular flexibility index (Phi) is 83.6. The predicted molar refractivity (Wildman–Crippen MR) is 502 cm³/mol. The Morgan fingerprint density at radius 3 is 0.683 bits per heavy atom. The number of phosphoric acid groups is 2. The molecule has 2 rings (SSSR count). The zero-order valence-electron chi connectivity index (χ0n) is 80.6. The van der Waals surface area contributed by atoms with Crippen LogP contribution < -0.4 is 0 Å². The van der Waals surface area contributed by atoms with Crippen LogP contribution in [0.25, 0.3) is 0 Å². The Bertz CT molecular complexity index is 2270. The van der Waals surface area contributed by atoms with E-state index >= 15 is 9.13 Å². The second-order valence-corrected chi connectivity index (χ2v) is 39.6. The molecule has 2 aliphatic heterocycles. The molecule has 8 atom stereocenters. The topological polar surface area (TPSA) is 232 Å². The maximum absolute atomic E-state index is 15.4. The molecule has 2 fully saturated rings. The van der Waals surface area contributed by atoms with Crippen molar-refractivity contribution in [2.75, 3.05) is 59.6 Å². The van der Waals surface area contributed by atoms with E-state index in [9.17, 15) is 19.2 Å². The fourth-order valence-corrected chi connectivity index (χ4v) is 18.5. The summed E-state index contributed by atoms with van der Waals surface area (Å²) in [5.74, 6) is -1.96. The fraction of sp³-hybridized carbons (Fsp3) is 0.960. The standard InChI is InChI=1S/C101H194O20P2/c1-7-13-19-25-31-37-43-45-51-57-63-69-75-81-100-110-85-94(120-100)89-114-122(106,112-87-92(118-98(104)79-73-67-61-55-49-41-35-29-23-17-11-5)83-108-96(102)77-71-65-59-53-47-39-33-27-21-15-9-3)116-91-117-123(107,115-90-95-86-111-101(121-95)82-76-70-64-58-52-46-44-38-32-26-20-14-8-2)113-88-93(119-99(105)80-74-68-62-56-50-42-36-30-24-18-12-6)84-109-97(103)78-72-66-60-54-48-40-34-28-22-16-10-4/h92-95,100-101H,7-91H2,1-6H3/t92-,93-,94?,95?,100?,101?,122?,123?/m1/s1. The zero-order valence-corrected chi connectivity index (χ0v) is 82.4. The van der Waals surface area contributed by atoms with Crippen LogP contribution in [0, 0.1) is 0 Å². The number of hydrogen-bond acceptors (Lipinski definition) is 20. The van der Waals surface area contributed by atoms with Crippen LogP contribution in [-0.2, 0) is 93.3 Å². The van der Waals surface area contributed by atoms with Crippen molar-refractivity contribution < 1.29 is 93.3 Å². The highest BCUT2D eigenvalue weighted by atomic mass is 31.2. The van der Waals surface area contributed by atoms with Crippen LogP contribution in [0.2, 0.25) is 0 Å². The van der Waals surface area contributed by atoms with Gasteiger partial charge in [-0.3, -0.25) is 46.3 Å². The highest BCUT2D eigenvalue weighted by molar-refractivity contribution is 7.49. The van der Waals surface area contributed by atoms with Gasteiger partial charge in [-0.1, -0.05) is 452 Å². The molecule has 2 aliphatic rings. The number of unbranched alkanes of at least 4 members (excludes halogenated alkanes) is 64. The molecule has 6 unspecified atom stereocenters. The van der Waals surface area contributed by atoms with Gasteiger partial charge in [-0.25, -0.2) is 9.13 Å². The molecule has 728 valence electrons. The van der Waals surface area contributed by atoms with Crippen molar-refractivity contribution in [1.82, 2.24) is 0 Å². The van der Waals surface area contributed by atoms with Crippen molar-refractivity contribution in [1.29, 1.82) is 0 Å². The zero-order chi connectivity index (χ0) is 88.8. The van der Waals surface area contributed by atoms with Crippen LogP contribution >= 0.6 is 15.6 Å². The van der Waals surface area contributed by atoms with E-state index in [1.165, 1.54) is 295 Å². The fourth-order valence-electron chi connectivity index (χ4n) is 16.2. The summed E-state index contributed by atoms with van der Waals surface area (Å²) >= 11 is 0. The van der Waals surface area contributed by atoms with Crippen LogP contribution in [0.5, 0.6) is 0 Å². The Morgan fingerprint density at radius 1 is 0.252 bits per heavy atom. The lowest BCUT2D eigenvalue weighted by Crippen LogP contribution is -2.30. The minimum absolute atomic E-state index is 0.118. The number of rotatable bonds is 98. The molecule has 0 bridgehead atoms. The molecule has 0 aromatic carbocycles. The molecule has 0 amide bonds. The minimum atomic E-state index is -4.87. The summed E-state index contributed by atoms with van der Waals surface area (Å²) in [6.45, 7) is 10.1. The van der Waals surface area contributed by atoms with Gasteiger partial charge in [0.05, 0.1) is 39.6 Å². The molecular formula is C101H194O20P2. The smallest absolute Gasteiger partial charge is 0.462 e. The highest BCUT2D eigenvalue weighted by Crippen LogP contribution is 2.54. The number of carbonyl (C=O) groups is 4. The van der Waals surface area contributed by atoms with E-state index in [1.807, 2.05) is 0 Å². The number of ether oxygens (including phenoxy) is 8. The summed E-state index contributed by atoms with van der Waals surface area (Å²) in [5.41, 5.74) is 0. The SMILES string of the molecule is CCCCCCCCCCCCCCCC1OCC(COP(=O)(OCOP(=O)(OCC2COC(CCCCCCCCCCCCCCC)O2)OC[C@@H](COC(=O)CCCCCCCCCCCCC)OC(=O)CCCCCCCCCCCCC)OC[C@@H](COC(=O)CCCCCCCCCCCCC)OC(=O)CCCCCCCCCCCCC)O1. The maximum atomic E-state index is 15.4. The van der Waals surface area contributed by atoms with E-state index in [2.05, 4.69) is 41.5 Å². The largest absolute Gasteiger partial charge is 0.477 e. The molecule has 0 spiro atoms.